The summed E-state index contributed by atoms with van der Waals surface area (Å²) in [7, 11) is 0. The van der Waals surface area contributed by atoms with Crippen molar-refractivity contribution in [2.24, 2.45) is 0 Å². The van der Waals surface area contributed by atoms with Gasteiger partial charge in [-0.3, -0.25) is 4.79 Å². The predicted octanol–water partition coefficient (Wildman–Crippen LogP) is 1.79. The van der Waals surface area contributed by atoms with Crippen LogP contribution < -0.4 is 10.1 Å². The lowest BCUT2D eigenvalue weighted by Crippen LogP contribution is -2.21. The van der Waals surface area contributed by atoms with Crippen LogP contribution in [0.25, 0.3) is 22.7 Å². The molecule has 4 N–H and O–H groups in total. The van der Waals surface area contributed by atoms with Gasteiger partial charge < -0.3 is 25.3 Å². The van der Waals surface area contributed by atoms with E-state index in [1.807, 2.05) is 24.4 Å². The number of fused-ring (bicyclic) bond motifs is 2. The highest BCUT2D eigenvalue weighted by atomic mass is 16.5. The molecular formula is C19H17N3O4. The maximum absolute atomic E-state index is 12.4. The number of aliphatic hydroxyl groups is 2. The molecule has 1 aliphatic heterocycles. The molecule has 0 saturated heterocycles. The highest BCUT2D eigenvalue weighted by Crippen LogP contribution is 2.36. The molecular weight excluding hydrogens is 334 g/mol. The van der Waals surface area contributed by atoms with Gasteiger partial charge in [-0.2, -0.15) is 0 Å². The molecule has 0 fully saturated rings. The lowest BCUT2D eigenvalue weighted by molar-refractivity contribution is -0.110. The van der Waals surface area contributed by atoms with E-state index in [0.29, 0.717) is 17.0 Å². The highest BCUT2D eigenvalue weighted by Gasteiger charge is 2.25. The molecule has 0 spiro atoms. The second-order valence-corrected chi connectivity index (χ2v) is 6.01. The van der Waals surface area contributed by atoms with Gasteiger partial charge in [-0.25, -0.2) is 4.98 Å². The monoisotopic (exact) mass is 351 g/mol. The van der Waals surface area contributed by atoms with E-state index >= 15 is 0 Å². The fourth-order valence-corrected chi connectivity index (χ4v) is 2.90. The van der Waals surface area contributed by atoms with Gasteiger partial charge in [0.05, 0.1) is 6.61 Å². The number of anilines is 1. The van der Waals surface area contributed by atoms with Gasteiger partial charge in [0.2, 0.25) is 0 Å². The van der Waals surface area contributed by atoms with E-state index in [1.54, 1.807) is 24.4 Å². The first-order valence-electron chi connectivity index (χ1n) is 8.17. The Kier molecular flexibility index (Phi) is 4.16. The fourth-order valence-electron chi connectivity index (χ4n) is 2.90. The lowest BCUT2D eigenvalue weighted by atomic mass is 10.0. The molecule has 3 aromatic rings. The molecule has 0 aliphatic carbocycles. The minimum atomic E-state index is -0.947. The standard InChI is InChI=1S/C19H17N3O4/c23-9-12(24)10-26-13-3-4-17-15(7-13)16(19(25)22-17)6-11-8-21-18-14(11)2-1-5-20-18/h1-8,12,23-24H,9-10H2,(H,20,21)(H,22,25). The molecule has 7 nitrogen and oxygen atoms in total. The van der Waals surface area contributed by atoms with E-state index in [1.165, 1.54) is 0 Å². The Labute approximate surface area is 149 Å². The number of aromatic amines is 1. The topological polar surface area (TPSA) is 107 Å². The largest absolute Gasteiger partial charge is 0.491 e. The molecule has 7 heteroatoms. The van der Waals surface area contributed by atoms with Crippen LogP contribution in [0.1, 0.15) is 11.1 Å². The molecule has 0 radical (unpaired) electrons. The van der Waals surface area contributed by atoms with Crippen molar-refractivity contribution in [3.63, 3.8) is 0 Å². The zero-order valence-electron chi connectivity index (χ0n) is 13.8. The maximum Gasteiger partial charge on any atom is 0.256 e. The number of ether oxygens (including phenoxy) is 1. The summed E-state index contributed by atoms with van der Waals surface area (Å²) >= 11 is 0. The molecule has 3 heterocycles. The van der Waals surface area contributed by atoms with Crippen LogP contribution in [0.3, 0.4) is 0 Å². The molecule has 1 unspecified atom stereocenters. The maximum atomic E-state index is 12.4. The minimum Gasteiger partial charge on any atom is -0.491 e. The zero-order valence-corrected chi connectivity index (χ0v) is 13.8. The molecule has 2 aromatic heterocycles. The number of hydrogen-bond donors (Lipinski definition) is 4. The number of aromatic nitrogens is 2. The van der Waals surface area contributed by atoms with Gasteiger partial charge in [0.15, 0.2) is 0 Å². The molecule has 1 atom stereocenters. The van der Waals surface area contributed by atoms with Gasteiger partial charge in [-0.1, -0.05) is 0 Å². The SMILES string of the molecule is O=C1Nc2ccc(OCC(O)CO)cc2C1=Cc1c[nH]c2ncccc12. The number of H-pyrrole nitrogens is 1. The number of aliphatic hydroxyl groups excluding tert-OH is 2. The van der Waals surface area contributed by atoms with Crippen LogP contribution in [0.2, 0.25) is 0 Å². The Morgan fingerprint density at radius 2 is 2.19 bits per heavy atom. The van der Waals surface area contributed by atoms with Crippen molar-refractivity contribution in [3.05, 3.63) is 53.9 Å². The zero-order chi connectivity index (χ0) is 18.1. The van der Waals surface area contributed by atoms with Gasteiger partial charge >= 0.3 is 0 Å². The summed E-state index contributed by atoms with van der Waals surface area (Å²) in [5.74, 6) is 0.324. The molecule has 4 rings (SSSR count). The second-order valence-electron chi connectivity index (χ2n) is 6.01. The molecule has 0 bridgehead atoms. The number of amides is 1. The average Bonchev–Trinajstić information content (AvgIpc) is 3.21. The summed E-state index contributed by atoms with van der Waals surface area (Å²) in [6.45, 7) is -0.394. The first-order valence-corrected chi connectivity index (χ1v) is 8.17. The van der Waals surface area contributed by atoms with Gasteiger partial charge in [-0.15, -0.1) is 0 Å². The van der Waals surface area contributed by atoms with Gasteiger partial charge in [0.1, 0.15) is 24.1 Å². The van der Waals surface area contributed by atoms with Crippen molar-refractivity contribution in [3.8, 4) is 5.75 Å². The van der Waals surface area contributed by atoms with Crippen molar-refractivity contribution in [2.75, 3.05) is 18.5 Å². The number of pyridine rings is 1. The summed E-state index contributed by atoms with van der Waals surface area (Å²) < 4.78 is 5.48. The number of benzene rings is 1. The third-order valence-electron chi connectivity index (χ3n) is 4.21. The van der Waals surface area contributed by atoms with Crippen molar-refractivity contribution < 1.29 is 19.7 Å². The second kappa shape index (κ2) is 6.62. The van der Waals surface area contributed by atoms with Gasteiger partial charge in [-0.05, 0) is 36.4 Å². The predicted molar refractivity (Wildman–Crippen MR) is 97.6 cm³/mol. The number of nitrogens with one attached hydrogen (secondary N) is 2. The minimum absolute atomic E-state index is 0.0240. The number of rotatable bonds is 5. The smallest absolute Gasteiger partial charge is 0.256 e. The third-order valence-corrected chi connectivity index (χ3v) is 4.21. The third kappa shape index (κ3) is 2.94. The van der Waals surface area contributed by atoms with Crippen molar-refractivity contribution in [1.82, 2.24) is 9.97 Å². The Hall–Kier alpha value is -3.16. The van der Waals surface area contributed by atoms with Gasteiger partial charge in [0, 0.05) is 40.2 Å². The van der Waals surface area contributed by atoms with E-state index < -0.39 is 6.10 Å². The summed E-state index contributed by atoms with van der Waals surface area (Å²) in [5, 5.41) is 22.1. The number of nitrogens with zero attached hydrogens (tertiary/aromatic N) is 1. The van der Waals surface area contributed by atoms with Crippen LogP contribution in [-0.4, -0.2) is 45.4 Å². The molecule has 132 valence electrons. The van der Waals surface area contributed by atoms with Crippen LogP contribution in [0.4, 0.5) is 5.69 Å². The quantitative estimate of drug-likeness (QED) is 0.524. The number of hydrogen-bond acceptors (Lipinski definition) is 5. The van der Waals surface area contributed by atoms with Crippen molar-refractivity contribution in [2.45, 2.75) is 6.10 Å². The summed E-state index contributed by atoms with van der Waals surface area (Å²) in [6, 6.07) is 9.00. The Bertz CT molecular complexity index is 1010. The first kappa shape index (κ1) is 16.3. The molecule has 1 aromatic carbocycles. The van der Waals surface area contributed by atoms with Gasteiger partial charge in [0.25, 0.3) is 5.91 Å². The van der Waals surface area contributed by atoms with Crippen LogP contribution in [-0.2, 0) is 4.79 Å². The van der Waals surface area contributed by atoms with Crippen LogP contribution in [0.5, 0.6) is 5.75 Å². The Morgan fingerprint density at radius 1 is 1.31 bits per heavy atom. The van der Waals surface area contributed by atoms with Crippen molar-refractivity contribution >= 4 is 34.3 Å². The normalized spacial score (nSPS) is 15.9. The number of carbonyl (C=O) groups excluding carboxylic acids is 1. The first-order chi connectivity index (χ1) is 12.7. The molecule has 1 amide bonds. The van der Waals surface area contributed by atoms with Crippen LogP contribution >= 0.6 is 0 Å². The van der Waals surface area contributed by atoms with E-state index in [4.69, 9.17) is 9.84 Å². The molecule has 1 aliphatic rings. The molecule has 26 heavy (non-hydrogen) atoms. The Balaban J connectivity index is 1.69. The lowest BCUT2D eigenvalue weighted by Gasteiger charge is -2.10. The Morgan fingerprint density at radius 3 is 3.04 bits per heavy atom. The van der Waals surface area contributed by atoms with E-state index in [0.717, 1.165) is 22.2 Å². The molecule has 0 saturated carbocycles. The van der Waals surface area contributed by atoms with Crippen LogP contribution in [0, 0.1) is 0 Å². The summed E-state index contributed by atoms with van der Waals surface area (Å²) in [6.07, 6.45) is 4.39. The summed E-state index contributed by atoms with van der Waals surface area (Å²) in [4.78, 5) is 19.7. The summed E-state index contributed by atoms with van der Waals surface area (Å²) in [5.41, 5.74) is 3.58. The van der Waals surface area contributed by atoms with Crippen LogP contribution in [0.15, 0.2) is 42.7 Å². The van der Waals surface area contributed by atoms with E-state index in [2.05, 4.69) is 15.3 Å². The van der Waals surface area contributed by atoms with Crippen molar-refractivity contribution in [1.29, 1.82) is 0 Å². The fraction of sp³-hybridized carbons (Fsp3) is 0.158. The van der Waals surface area contributed by atoms with E-state index in [-0.39, 0.29) is 19.1 Å². The average molecular weight is 351 g/mol. The number of carbonyl (C=O) groups is 1. The van der Waals surface area contributed by atoms with E-state index in [9.17, 15) is 9.90 Å². The highest BCUT2D eigenvalue weighted by molar-refractivity contribution is 6.35.